The summed E-state index contributed by atoms with van der Waals surface area (Å²) in [6, 6.07) is 8.51. The highest BCUT2D eigenvalue weighted by molar-refractivity contribution is 5.92. The van der Waals surface area contributed by atoms with Crippen molar-refractivity contribution in [1.82, 2.24) is 0 Å². The summed E-state index contributed by atoms with van der Waals surface area (Å²) in [5.41, 5.74) is 0.0800. The van der Waals surface area contributed by atoms with Crippen LogP contribution in [0.3, 0.4) is 0 Å². The predicted octanol–water partition coefficient (Wildman–Crippen LogP) is 4.79. The van der Waals surface area contributed by atoms with Gasteiger partial charge in [0.1, 0.15) is 30.3 Å². The van der Waals surface area contributed by atoms with Crippen LogP contribution in [0.4, 0.5) is 13.2 Å². The van der Waals surface area contributed by atoms with Crippen LogP contribution in [0.5, 0.6) is 0 Å². The highest BCUT2D eigenvalue weighted by Gasteiger charge is 2.34. The highest BCUT2D eigenvalue weighted by atomic mass is 19.4. The van der Waals surface area contributed by atoms with E-state index in [0.29, 0.717) is 36.5 Å². The number of alkyl halides is 3. The lowest BCUT2D eigenvalue weighted by atomic mass is 9.90. The van der Waals surface area contributed by atoms with Gasteiger partial charge < -0.3 is 13.9 Å². The van der Waals surface area contributed by atoms with E-state index in [1.54, 1.807) is 12.1 Å². The van der Waals surface area contributed by atoms with Gasteiger partial charge in [-0.1, -0.05) is 24.3 Å². The summed E-state index contributed by atoms with van der Waals surface area (Å²) < 4.78 is 57.3. The first-order valence-electron chi connectivity index (χ1n) is 9.13. The van der Waals surface area contributed by atoms with Crippen LogP contribution in [0.1, 0.15) is 16.7 Å². The fourth-order valence-corrected chi connectivity index (χ4v) is 3.94. The largest absolute Gasteiger partial charge is 0.493 e. The van der Waals surface area contributed by atoms with Crippen molar-refractivity contribution in [3.63, 3.8) is 0 Å². The maximum absolute atomic E-state index is 13.5. The molecular weight excluding hydrogens is 385 g/mol. The second-order valence-electron chi connectivity index (χ2n) is 6.99. The summed E-state index contributed by atoms with van der Waals surface area (Å²) in [4.78, 5) is 13.3. The molecule has 7 heteroatoms. The Morgan fingerprint density at radius 3 is 2.66 bits per heavy atom. The van der Waals surface area contributed by atoms with Gasteiger partial charge in [0.15, 0.2) is 0 Å². The monoisotopic (exact) mass is 400 g/mol. The molecule has 1 atom stereocenters. The molecule has 1 aliphatic carbocycles. The normalized spacial score (nSPS) is 18.6. The molecule has 5 rings (SSSR count). The molecule has 0 spiro atoms. The summed E-state index contributed by atoms with van der Waals surface area (Å²) in [6.07, 6.45) is -1.44. The Balaban J connectivity index is 1.76. The third-order valence-electron chi connectivity index (χ3n) is 5.28. The van der Waals surface area contributed by atoms with Crippen LogP contribution in [0.25, 0.3) is 28.2 Å². The number of halogens is 3. The van der Waals surface area contributed by atoms with Gasteiger partial charge in [-0.3, -0.25) is 4.79 Å². The minimum Gasteiger partial charge on any atom is -0.493 e. The molecule has 1 saturated heterocycles. The second kappa shape index (κ2) is 6.49. The minimum atomic E-state index is -4.59. The van der Waals surface area contributed by atoms with Crippen LogP contribution in [0.2, 0.25) is 0 Å². The molecule has 0 radical (unpaired) electrons. The average molecular weight is 400 g/mol. The topological polar surface area (TPSA) is 48.7 Å². The third-order valence-corrected chi connectivity index (χ3v) is 5.28. The summed E-state index contributed by atoms with van der Waals surface area (Å²) in [5, 5.41) is 0.247. The second-order valence-corrected chi connectivity index (χ2v) is 6.99. The van der Waals surface area contributed by atoms with E-state index >= 15 is 0 Å². The molecule has 0 N–H and O–H groups in total. The van der Waals surface area contributed by atoms with Crippen molar-refractivity contribution in [1.29, 1.82) is 0 Å². The molecular formula is C22H15F3O4. The van der Waals surface area contributed by atoms with Crippen LogP contribution in [0.15, 0.2) is 57.6 Å². The van der Waals surface area contributed by atoms with Gasteiger partial charge in [0.05, 0.1) is 23.1 Å². The van der Waals surface area contributed by atoms with E-state index < -0.39 is 17.2 Å². The van der Waals surface area contributed by atoms with Gasteiger partial charge in [0.25, 0.3) is 0 Å². The number of hydrogen-bond donors (Lipinski definition) is 0. The van der Waals surface area contributed by atoms with E-state index in [9.17, 15) is 18.0 Å². The van der Waals surface area contributed by atoms with Crippen LogP contribution in [0, 0.1) is 0 Å². The first-order chi connectivity index (χ1) is 13.9. The van der Waals surface area contributed by atoms with Crippen molar-refractivity contribution in [3.8, 4) is 11.1 Å². The Bertz CT molecular complexity index is 1210. The zero-order valence-corrected chi connectivity index (χ0v) is 15.1. The zero-order valence-electron chi connectivity index (χ0n) is 15.1. The summed E-state index contributed by atoms with van der Waals surface area (Å²) >= 11 is 0. The molecule has 1 aromatic heterocycles. The molecule has 0 amide bonds. The van der Waals surface area contributed by atoms with Crippen molar-refractivity contribution in [2.24, 2.45) is 0 Å². The van der Waals surface area contributed by atoms with Gasteiger partial charge in [-0.25, -0.2) is 0 Å². The van der Waals surface area contributed by atoms with E-state index in [4.69, 9.17) is 13.9 Å². The van der Waals surface area contributed by atoms with E-state index in [2.05, 4.69) is 0 Å². The summed E-state index contributed by atoms with van der Waals surface area (Å²) in [5.74, 6) is 0.622. The summed E-state index contributed by atoms with van der Waals surface area (Å²) in [7, 11) is 0. The lowest BCUT2D eigenvalue weighted by molar-refractivity contribution is -0.137. The average Bonchev–Trinajstić information content (AvgIpc) is 2.71. The number of fused-ring (bicyclic) bond motifs is 4. The molecule has 4 nitrogen and oxygen atoms in total. The number of ether oxygens (including phenoxy) is 2. The third kappa shape index (κ3) is 2.93. The standard InChI is InChI=1S/C22H15F3O4/c23-22(24,25)16-4-2-1-3-13(16)15-11-29-17-6-5-12-9-18-19(28-8-7-27-18)10-14(12)20(17)21(15)26/h1-6,10-11,18H,7-9H2. The van der Waals surface area contributed by atoms with Gasteiger partial charge in [-0.05, 0) is 29.3 Å². The molecule has 1 fully saturated rings. The molecule has 0 saturated carbocycles. The Hall–Kier alpha value is -3.06. The van der Waals surface area contributed by atoms with E-state index in [-0.39, 0.29) is 22.6 Å². The minimum absolute atomic E-state index is 0.125. The van der Waals surface area contributed by atoms with Crippen LogP contribution < -0.4 is 5.43 Å². The van der Waals surface area contributed by atoms with Gasteiger partial charge in [-0.2, -0.15) is 13.2 Å². The quantitative estimate of drug-likeness (QED) is 0.589. The lowest BCUT2D eigenvalue weighted by Crippen LogP contribution is -2.31. The zero-order chi connectivity index (χ0) is 20.2. The van der Waals surface area contributed by atoms with Gasteiger partial charge in [0, 0.05) is 12.0 Å². The van der Waals surface area contributed by atoms with Crippen LogP contribution in [-0.2, 0) is 22.1 Å². The first-order valence-corrected chi connectivity index (χ1v) is 9.13. The first kappa shape index (κ1) is 18.0. The van der Waals surface area contributed by atoms with Crippen molar-refractivity contribution in [2.45, 2.75) is 18.7 Å². The number of hydrogen-bond acceptors (Lipinski definition) is 4. The fourth-order valence-electron chi connectivity index (χ4n) is 3.94. The predicted molar refractivity (Wildman–Crippen MR) is 100 cm³/mol. The van der Waals surface area contributed by atoms with Crippen molar-refractivity contribution in [3.05, 3.63) is 75.3 Å². The number of rotatable bonds is 1. The van der Waals surface area contributed by atoms with Crippen molar-refractivity contribution in [2.75, 3.05) is 13.2 Å². The molecule has 1 aliphatic heterocycles. The number of benzene rings is 2. The molecule has 148 valence electrons. The van der Waals surface area contributed by atoms with E-state index in [1.807, 2.05) is 6.07 Å². The molecule has 2 aromatic carbocycles. The van der Waals surface area contributed by atoms with Crippen LogP contribution in [-0.4, -0.2) is 19.3 Å². The molecule has 2 heterocycles. The van der Waals surface area contributed by atoms with Gasteiger partial charge >= 0.3 is 6.18 Å². The molecule has 1 unspecified atom stereocenters. The molecule has 0 bridgehead atoms. The maximum atomic E-state index is 13.5. The summed E-state index contributed by atoms with van der Waals surface area (Å²) in [6.45, 7) is 0.909. The lowest BCUT2D eigenvalue weighted by Gasteiger charge is -2.30. The van der Waals surface area contributed by atoms with E-state index in [0.717, 1.165) is 17.9 Å². The smallest absolute Gasteiger partial charge is 0.417 e. The van der Waals surface area contributed by atoms with Crippen LogP contribution >= 0.6 is 0 Å². The fraction of sp³-hybridized carbons (Fsp3) is 0.227. The van der Waals surface area contributed by atoms with Crippen molar-refractivity contribution >= 4 is 17.0 Å². The Kier molecular flexibility index (Phi) is 4.03. The molecule has 3 aromatic rings. The Labute approximate surface area is 163 Å². The van der Waals surface area contributed by atoms with Crippen molar-refractivity contribution < 1.29 is 27.1 Å². The Morgan fingerprint density at radius 1 is 1.00 bits per heavy atom. The van der Waals surface area contributed by atoms with E-state index in [1.165, 1.54) is 18.2 Å². The molecule has 2 aliphatic rings. The maximum Gasteiger partial charge on any atom is 0.417 e. The SMILES string of the molecule is O=c1c(-c2ccccc2C(F)(F)F)coc2ccc3c(c12)C=C1OCCOC1C3. The highest BCUT2D eigenvalue weighted by Crippen LogP contribution is 2.37. The molecule has 29 heavy (non-hydrogen) atoms. The van der Waals surface area contributed by atoms with Gasteiger partial charge in [0.2, 0.25) is 5.43 Å². The Morgan fingerprint density at radius 2 is 1.83 bits per heavy atom. The van der Waals surface area contributed by atoms with Gasteiger partial charge in [-0.15, -0.1) is 0 Å².